The summed E-state index contributed by atoms with van der Waals surface area (Å²) in [7, 11) is 0. The zero-order chi connectivity index (χ0) is 10.6. The molecule has 0 aromatic heterocycles. The molecule has 0 spiro atoms. The number of hydrogen-bond acceptors (Lipinski definition) is 3. The van der Waals surface area contributed by atoms with Crippen LogP contribution in [0.2, 0.25) is 0 Å². The molecule has 78 valence electrons. The van der Waals surface area contributed by atoms with Crippen molar-refractivity contribution in [1.82, 2.24) is 0 Å². The number of ketones is 1. The molecule has 0 N–H and O–H groups in total. The summed E-state index contributed by atoms with van der Waals surface area (Å²) in [5.41, 5.74) is 0.247. The summed E-state index contributed by atoms with van der Waals surface area (Å²) in [6.07, 6.45) is 3.81. The van der Waals surface area contributed by atoms with Crippen molar-refractivity contribution >= 4 is 11.8 Å². The second-order valence-corrected chi connectivity index (χ2v) is 3.93. The fraction of sp³-hybridized carbons (Fsp3) is 0.636. The highest BCUT2D eigenvalue weighted by atomic mass is 16.5. The van der Waals surface area contributed by atoms with Crippen LogP contribution in [0.5, 0.6) is 0 Å². The Hall–Kier alpha value is -1.12. The van der Waals surface area contributed by atoms with E-state index in [9.17, 15) is 9.59 Å². The average Bonchev–Trinajstić information content (AvgIpc) is 2.15. The maximum Gasteiger partial charge on any atom is 0.341 e. The van der Waals surface area contributed by atoms with Crippen LogP contribution in [-0.4, -0.2) is 18.4 Å². The van der Waals surface area contributed by atoms with Crippen LogP contribution < -0.4 is 0 Å². The van der Waals surface area contributed by atoms with Crippen LogP contribution in [0.25, 0.3) is 0 Å². The molecule has 0 aliphatic heterocycles. The molecular weight excluding hydrogens is 180 g/mol. The first-order chi connectivity index (χ1) is 6.61. The van der Waals surface area contributed by atoms with Gasteiger partial charge in [0, 0.05) is 6.42 Å². The minimum absolute atomic E-state index is 0.0787. The van der Waals surface area contributed by atoms with Gasteiger partial charge in [-0.1, -0.05) is 19.9 Å². The summed E-state index contributed by atoms with van der Waals surface area (Å²) >= 11 is 0. The third-order valence-corrected chi connectivity index (χ3v) is 2.02. The third kappa shape index (κ3) is 2.98. The van der Waals surface area contributed by atoms with Gasteiger partial charge in [0.25, 0.3) is 0 Å². The van der Waals surface area contributed by atoms with Crippen molar-refractivity contribution in [3.05, 3.63) is 11.6 Å². The third-order valence-electron chi connectivity index (χ3n) is 2.02. The zero-order valence-electron chi connectivity index (χ0n) is 8.71. The van der Waals surface area contributed by atoms with Gasteiger partial charge in [0.2, 0.25) is 0 Å². The Balaban J connectivity index is 2.51. The van der Waals surface area contributed by atoms with Crippen molar-refractivity contribution in [1.29, 1.82) is 0 Å². The number of carbonyl (C=O) groups is 2. The van der Waals surface area contributed by atoms with Gasteiger partial charge in [-0.3, -0.25) is 4.79 Å². The van der Waals surface area contributed by atoms with Gasteiger partial charge in [0.1, 0.15) is 0 Å². The fourth-order valence-electron chi connectivity index (χ4n) is 1.27. The Kier molecular flexibility index (Phi) is 3.86. The molecule has 0 aromatic rings. The molecule has 0 heterocycles. The lowest BCUT2D eigenvalue weighted by atomic mass is 9.98. The highest BCUT2D eigenvalue weighted by Crippen LogP contribution is 2.15. The van der Waals surface area contributed by atoms with E-state index in [4.69, 9.17) is 4.74 Å². The molecule has 3 heteroatoms. The summed E-state index contributed by atoms with van der Waals surface area (Å²) in [5, 5.41) is 0. The number of allylic oxidation sites excluding steroid dienone is 1. The van der Waals surface area contributed by atoms with Gasteiger partial charge in [0.15, 0.2) is 5.78 Å². The number of esters is 1. The van der Waals surface area contributed by atoms with Crippen LogP contribution in [0.15, 0.2) is 11.6 Å². The van der Waals surface area contributed by atoms with Crippen molar-refractivity contribution in [2.45, 2.75) is 33.1 Å². The topological polar surface area (TPSA) is 43.4 Å². The highest BCUT2D eigenvalue weighted by molar-refractivity contribution is 6.17. The van der Waals surface area contributed by atoms with Gasteiger partial charge in [-0.15, -0.1) is 0 Å². The Morgan fingerprint density at radius 1 is 1.57 bits per heavy atom. The van der Waals surface area contributed by atoms with Crippen LogP contribution in [0, 0.1) is 5.92 Å². The van der Waals surface area contributed by atoms with Gasteiger partial charge in [-0.05, 0) is 18.8 Å². The number of rotatable bonds is 3. The lowest BCUT2D eigenvalue weighted by molar-refractivity contribution is -0.141. The van der Waals surface area contributed by atoms with Crippen molar-refractivity contribution in [3.8, 4) is 0 Å². The summed E-state index contributed by atoms with van der Waals surface area (Å²) in [4.78, 5) is 22.7. The van der Waals surface area contributed by atoms with Crippen molar-refractivity contribution in [2.75, 3.05) is 6.61 Å². The lowest BCUT2D eigenvalue weighted by Gasteiger charge is -2.12. The van der Waals surface area contributed by atoms with Gasteiger partial charge in [-0.25, -0.2) is 4.79 Å². The standard InChI is InChI=1S/C11H16O3/c1-8(2)7-14-11(13)9-5-3-4-6-10(9)12/h5,8H,3-4,6-7H2,1-2H3. The molecule has 0 radical (unpaired) electrons. The number of carbonyl (C=O) groups excluding carboxylic acids is 2. The molecule has 3 nitrogen and oxygen atoms in total. The first-order valence-electron chi connectivity index (χ1n) is 5.01. The Morgan fingerprint density at radius 3 is 2.86 bits per heavy atom. The quantitative estimate of drug-likeness (QED) is 0.511. The molecule has 0 aromatic carbocycles. The van der Waals surface area contributed by atoms with Gasteiger partial charge in [0.05, 0.1) is 12.2 Å². The molecule has 0 unspecified atom stereocenters. The normalized spacial score (nSPS) is 16.8. The van der Waals surface area contributed by atoms with Crippen LogP contribution in [-0.2, 0) is 14.3 Å². The maximum absolute atomic E-state index is 11.4. The zero-order valence-corrected chi connectivity index (χ0v) is 8.71. The first-order valence-corrected chi connectivity index (χ1v) is 5.01. The van der Waals surface area contributed by atoms with E-state index < -0.39 is 5.97 Å². The van der Waals surface area contributed by atoms with Crippen LogP contribution in [0.4, 0.5) is 0 Å². The first kappa shape index (κ1) is 11.0. The van der Waals surface area contributed by atoms with Crippen molar-refractivity contribution in [3.63, 3.8) is 0 Å². The predicted octanol–water partition coefficient (Wildman–Crippen LogP) is 1.86. The van der Waals surface area contributed by atoms with E-state index in [1.807, 2.05) is 13.8 Å². The van der Waals surface area contributed by atoms with Crippen molar-refractivity contribution in [2.24, 2.45) is 5.92 Å². The largest absolute Gasteiger partial charge is 0.462 e. The summed E-state index contributed by atoms with van der Waals surface area (Å²) in [6, 6.07) is 0. The Morgan fingerprint density at radius 2 is 2.29 bits per heavy atom. The van der Waals surface area contributed by atoms with E-state index in [-0.39, 0.29) is 11.4 Å². The second kappa shape index (κ2) is 4.94. The lowest BCUT2D eigenvalue weighted by Crippen LogP contribution is -2.19. The molecule has 1 aliphatic carbocycles. The fourth-order valence-corrected chi connectivity index (χ4v) is 1.27. The summed E-state index contributed by atoms with van der Waals surface area (Å²) < 4.78 is 4.99. The molecule has 0 amide bonds. The van der Waals surface area contributed by atoms with Crippen LogP contribution in [0.3, 0.4) is 0 Å². The molecule has 0 atom stereocenters. The SMILES string of the molecule is CC(C)COC(=O)C1=CCCCC1=O. The van der Waals surface area contributed by atoms with Crippen LogP contribution >= 0.6 is 0 Å². The molecule has 0 bridgehead atoms. The molecule has 0 saturated carbocycles. The van der Waals surface area contributed by atoms with E-state index in [0.29, 0.717) is 18.9 Å². The Bertz CT molecular complexity index is 264. The van der Waals surface area contributed by atoms with E-state index in [1.165, 1.54) is 0 Å². The summed E-state index contributed by atoms with van der Waals surface area (Å²) in [5.74, 6) is -0.230. The predicted molar refractivity (Wildman–Crippen MR) is 52.7 cm³/mol. The van der Waals surface area contributed by atoms with E-state index in [1.54, 1.807) is 6.08 Å². The smallest absolute Gasteiger partial charge is 0.341 e. The van der Waals surface area contributed by atoms with Gasteiger partial charge in [-0.2, -0.15) is 0 Å². The average molecular weight is 196 g/mol. The van der Waals surface area contributed by atoms with E-state index in [2.05, 4.69) is 0 Å². The Labute approximate surface area is 84.1 Å². The molecule has 0 saturated heterocycles. The molecule has 14 heavy (non-hydrogen) atoms. The van der Waals surface area contributed by atoms with Crippen molar-refractivity contribution < 1.29 is 14.3 Å². The molecule has 1 rings (SSSR count). The summed E-state index contributed by atoms with van der Waals surface area (Å²) in [6.45, 7) is 4.30. The number of ether oxygens (including phenoxy) is 1. The highest BCUT2D eigenvalue weighted by Gasteiger charge is 2.21. The molecule has 0 fully saturated rings. The van der Waals surface area contributed by atoms with Gasteiger partial charge < -0.3 is 4.74 Å². The number of Topliss-reactive ketones (excluding diaryl/α,β-unsaturated/α-hetero) is 1. The number of hydrogen-bond donors (Lipinski definition) is 0. The molecule has 1 aliphatic rings. The minimum atomic E-state index is -0.455. The second-order valence-electron chi connectivity index (χ2n) is 3.93. The molecular formula is C11H16O3. The maximum atomic E-state index is 11.4. The van der Waals surface area contributed by atoms with Crippen LogP contribution in [0.1, 0.15) is 33.1 Å². The van der Waals surface area contributed by atoms with E-state index >= 15 is 0 Å². The van der Waals surface area contributed by atoms with E-state index in [0.717, 1.165) is 12.8 Å². The van der Waals surface area contributed by atoms with Gasteiger partial charge >= 0.3 is 5.97 Å². The monoisotopic (exact) mass is 196 g/mol. The minimum Gasteiger partial charge on any atom is -0.462 e.